The highest BCUT2D eigenvalue weighted by molar-refractivity contribution is 6.01. The van der Waals surface area contributed by atoms with Gasteiger partial charge in [-0.05, 0) is 25.1 Å². The molecular weight excluding hydrogens is 278 g/mol. The van der Waals surface area contributed by atoms with E-state index in [1.54, 1.807) is 14.1 Å². The van der Waals surface area contributed by atoms with E-state index >= 15 is 0 Å². The molecule has 8 heteroatoms. The van der Waals surface area contributed by atoms with Crippen molar-refractivity contribution in [2.45, 2.75) is 13.0 Å². The second-order valence-electron chi connectivity index (χ2n) is 4.59. The van der Waals surface area contributed by atoms with Crippen LogP contribution in [0.5, 0.6) is 5.75 Å². The van der Waals surface area contributed by atoms with E-state index in [1.165, 1.54) is 24.0 Å². The summed E-state index contributed by atoms with van der Waals surface area (Å²) in [5.41, 5.74) is -0.237. The smallest absolute Gasteiger partial charge is 0.337 e. The normalized spacial score (nSPS) is 11.4. The molecule has 0 aromatic heterocycles. The molecule has 1 aromatic rings. The van der Waals surface area contributed by atoms with Gasteiger partial charge in [0.15, 0.2) is 0 Å². The minimum atomic E-state index is -1.29. The Hall–Kier alpha value is -2.77. The number of anilines is 1. The van der Waals surface area contributed by atoms with Crippen LogP contribution in [0.1, 0.15) is 17.3 Å². The SMILES string of the molecule is CC(NC(=O)Nc1ccc(O)cc1C(=O)O)C(=O)N(C)C. The summed E-state index contributed by atoms with van der Waals surface area (Å²) < 4.78 is 0. The van der Waals surface area contributed by atoms with Crippen molar-refractivity contribution in [2.75, 3.05) is 19.4 Å². The number of carboxylic acid groups (broad SMARTS) is 1. The molecule has 1 aromatic carbocycles. The molecule has 0 aliphatic heterocycles. The van der Waals surface area contributed by atoms with Crippen LogP contribution in [0.4, 0.5) is 10.5 Å². The monoisotopic (exact) mass is 295 g/mol. The molecule has 8 nitrogen and oxygen atoms in total. The molecule has 0 spiro atoms. The number of nitrogens with one attached hydrogen (secondary N) is 2. The van der Waals surface area contributed by atoms with Crippen molar-refractivity contribution in [3.63, 3.8) is 0 Å². The van der Waals surface area contributed by atoms with Gasteiger partial charge in [0.2, 0.25) is 5.91 Å². The van der Waals surface area contributed by atoms with Crippen LogP contribution >= 0.6 is 0 Å². The number of carbonyl (C=O) groups is 3. The summed E-state index contributed by atoms with van der Waals surface area (Å²) in [4.78, 5) is 35.7. The Kier molecular flexibility index (Phi) is 5.12. The Morgan fingerprint density at radius 1 is 1.24 bits per heavy atom. The Morgan fingerprint density at radius 3 is 2.38 bits per heavy atom. The molecule has 21 heavy (non-hydrogen) atoms. The lowest BCUT2D eigenvalue weighted by molar-refractivity contribution is -0.130. The van der Waals surface area contributed by atoms with Gasteiger partial charge in [0.05, 0.1) is 11.3 Å². The van der Waals surface area contributed by atoms with Crippen LogP contribution in [0, 0.1) is 0 Å². The molecule has 0 heterocycles. The molecule has 1 atom stereocenters. The molecule has 1 rings (SSSR count). The fourth-order valence-corrected chi connectivity index (χ4v) is 1.62. The van der Waals surface area contributed by atoms with Crippen molar-refractivity contribution in [1.82, 2.24) is 10.2 Å². The molecule has 114 valence electrons. The lowest BCUT2D eigenvalue weighted by Gasteiger charge is -2.18. The van der Waals surface area contributed by atoms with E-state index < -0.39 is 18.0 Å². The summed E-state index contributed by atoms with van der Waals surface area (Å²) in [5, 5.41) is 23.0. The molecular formula is C13H17N3O5. The van der Waals surface area contributed by atoms with Crippen molar-refractivity contribution in [2.24, 2.45) is 0 Å². The van der Waals surface area contributed by atoms with E-state index in [0.717, 1.165) is 6.07 Å². The van der Waals surface area contributed by atoms with Crippen molar-refractivity contribution in [1.29, 1.82) is 0 Å². The number of carbonyl (C=O) groups excluding carboxylic acids is 2. The van der Waals surface area contributed by atoms with Gasteiger partial charge in [0, 0.05) is 14.1 Å². The van der Waals surface area contributed by atoms with Gasteiger partial charge in [-0.15, -0.1) is 0 Å². The van der Waals surface area contributed by atoms with Gasteiger partial charge in [-0.1, -0.05) is 0 Å². The van der Waals surface area contributed by atoms with Gasteiger partial charge in [-0.3, -0.25) is 4.79 Å². The van der Waals surface area contributed by atoms with Crippen molar-refractivity contribution in [3.05, 3.63) is 23.8 Å². The molecule has 3 amide bonds. The standard InChI is InChI=1S/C13H17N3O5/c1-7(11(18)16(2)3)14-13(21)15-10-5-4-8(17)6-9(10)12(19)20/h4-7,17H,1-3H3,(H,19,20)(H2,14,15,21). The van der Waals surface area contributed by atoms with Crippen LogP contribution in [-0.4, -0.2) is 53.2 Å². The van der Waals surface area contributed by atoms with Crippen LogP contribution in [-0.2, 0) is 4.79 Å². The number of hydrogen-bond acceptors (Lipinski definition) is 4. The third kappa shape index (κ3) is 4.37. The number of aromatic carboxylic acids is 1. The number of rotatable bonds is 4. The molecule has 0 bridgehead atoms. The molecule has 0 aliphatic rings. The predicted molar refractivity (Wildman–Crippen MR) is 75.4 cm³/mol. The summed E-state index contributed by atoms with van der Waals surface area (Å²) >= 11 is 0. The third-order valence-electron chi connectivity index (χ3n) is 2.64. The first kappa shape index (κ1) is 16.3. The van der Waals surface area contributed by atoms with Crippen molar-refractivity contribution in [3.8, 4) is 5.75 Å². The number of phenolic OH excluding ortho intramolecular Hbond substituents is 1. The number of benzene rings is 1. The minimum Gasteiger partial charge on any atom is -0.508 e. The average Bonchev–Trinajstić information content (AvgIpc) is 2.39. The summed E-state index contributed by atoms with van der Waals surface area (Å²) in [5.74, 6) is -1.82. The molecule has 0 saturated carbocycles. The van der Waals surface area contributed by atoms with Gasteiger partial charge < -0.3 is 25.7 Å². The Balaban J connectivity index is 2.80. The van der Waals surface area contributed by atoms with Crippen LogP contribution in [0.15, 0.2) is 18.2 Å². The molecule has 0 radical (unpaired) electrons. The number of carboxylic acids is 1. The molecule has 1 unspecified atom stereocenters. The summed E-state index contributed by atoms with van der Waals surface area (Å²) in [7, 11) is 3.11. The zero-order valence-electron chi connectivity index (χ0n) is 11.9. The lowest BCUT2D eigenvalue weighted by atomic mass is 10.1. The third-order valence-corrected chi connectivity index (χ3v) is 2.64. The summed E-state index contributed by atoms with van der Waals surface area (Å²) in [6.45, 7) is 1.51. The number of aromatic hydroxyl groups is 1. The van der Waals surface area contributed by atoms with Gasteiger partial charge in [-0.25, -0.2) is 9.59 Å². The van der Waals surface area contributed by atoms with E-state index in [1.807, 2.05) is 0 Å². The molecule has 0 fully saturated rings. The lowest BCUT2D eigenvalue weighted by Crippen LogP contribution is -2.45. The van der Waals surface area contributed by atoms with E-state index in [4.69, 9.17) is 5.11 Å². The highest BCUT2D eigenvalue weighted by Crippen LogP contribution is 2.21. The molecule has 4 N–H and O–H groups in total. The topological polar surface area (TPSA) is 119 Å². The number of amides is 3. The maximum absolute atomic E-state index is 11.8. The fourth-order valence-electron chi connectivity index (χ4n) is 1.62. The number of urea groups is 1. The first-order chi connectivity index (χ1) is 9.72. The van der Waals surface area contributed by atoms with Crippen molar-refractivity contribution < 1.29 is 24.6 Å². The van der Waals surface area contributed by atoms with Gasteiger partial charge in [0.25, 0.3) is 0 Å². The van der Waals surface area contributed by atoms with E-state index in [9.17, 15) is 19.5 Å². The number of hydrogen-bond donors (Lipinski definition) is 4. The average molecular weight is 295 g/mol. The number of nitrogens with zero attached hydrogens (tertiary/aromatic N) is 1. The fraction of sp³-hybridized carbons (Fsp3) is 0.308. The Labute approximate surface area is 121 Å². The quantitative estimate of drug-likeness (QED) is 0.609. The highest BCUT2D eigenvalue weighted by Gasteiger charge is 2.19. The van der Waals surface area contributed by atoms with Gasteiger partial charge in [-0.2, -0.15) is 0 Å². The summed E-state index contributed by atoms with van der Waals surface area (Å²) in [6, 6.07) is 2.05. The Morgan fingerprint density at radius 2 is 1.86 bits per heavy atom. The first-order valence-corrected chi connectivity index (χ1v) is 6.07. The second-order valence-corrected chi connectivity index (χ2v) is 4.59. The first-order valence-electron chi connectivity index (χ1n) is 6.07. The predicted octanol–water partition coefficient (Wildman–Crippen LogP) is 0.689. The number of likely N-dealkylation sites (N-methyl/N-ethyl adjacent to an activating group) is 1. The van der Waals surface area contributed by atoms with E-state index in [-0.39, 0.29) is 22.9 Å². The van der Waals surface area contributed by atoms with E-state index in [0.29, 0.717) is 0 Å². The molecule has 0 saturated heterocycles. The van der Waals surface area contributed by atoms with E-state index in [2.05, 4.69) is 10.6 Å². The zero-order valence-corrected chi connectivity index (χ0v) is 11.9. The van der Waals surface area contributed by atoms with Crippen LogP contribution in [0.25, 0.3) is 0 Å². The molecule has 0 aliphatic carbocycles. The summed E-state index contributed by atoms with van der Waals surface area (Å²) in [6.07, 6.45) is 0. The highest BCUT2D eigenvalue weighted by atomic mass is 16.4. The van der Waals surface area contributed by atoms with Gasteiger partial charge >= 0.3 is 12.0 Å². The number of phenols is 1. The minimum absolute atomic E-state index is 0.0160. The Bertz CT molecular complexity index is 571. The maximum Gasteiger partial charge on any atom is 0.337 e. The van der Waals surface area contributed by atoms with Crippen LogP contribution in [0.2, 0.25) is 0 Å². The largest absolute Gasteiger partial charge is 0.508 e. The second kappa shape index (κ2) is 6.60. The van der Waals surface area contributed by atoms with Crippen LogP contribution in [0.3, 0.4) is 0 Å². The van der Waals surface area contributed by atoms with Crippen molar-refractivity contribution >= 4 is 23.6 Å². The van der Waals surface area contributed by atoms with Crippen LogP contribution < -0.4 is 10.6 Å². The van der Waals surface area contributed by atoms with Gasteiger partial charge in [0.1, 0.15) is 11.8 Å². The zero-order chi connectivity index (χ0) is 16.2. The maximum atomic E-state index is 11.8.